The van der Waals surface area contributed by atoms with Crippen molar-refractivity contribution >= 4 is 0 Å². The molecule has 4 atom stereocenters. The molecule has 1 nitrogen and oxygen atoms in total. The number of hydrogen-bond donors (Lipinski definition) is 0. The lowest BCUT2D eigenvalue weighted by Crippen LogP contribution is -2.23. The Labute approximate surface area is 116 Å². The van der Waals surface area contributed by atoms with Crippen LogP contribution < -0.4 is 0 Å². The highest BCUT2D eigenvalue weighted by molar-refractivity contribution is 4.71. The van der Waals surface area contributed by atoms with Crippen molar-refractivity contribution in [3.63, 3.8) is 0 Å². The molecule has 0 saturated heterocycles. The van der Waals surface area contributed by atoms with E-state index in [-0.39, 0.29) is 0 Å². The average Bonchev–Trinajstić information content (AvgIpc) is 2.35. The molecule has 18 heavy (non-hydrogen) atoms. The maximum Gasteiger partial charge on any atom is 0.0572 e. The third-order valence-corrected chi connectivity index (χ3v) is 4.41. The van der Waals surface area contributed by atoms with Crippen molar-refractivity contribution in [1.82, 2.24) is 0 Å². The standard InChI is InChI=1S/C17H36O/c1-7-10-12-18-16(6)14(4)13-15(5)17(9-3)11-8-2/h14-17H,7-13H2,1-6H3. The van der Waals surface area contributed by atoms with Crippen LogP contribution in [0.2, 0.25) is 0 Å². The Morgan fingerprint density at radius 1 is 0.889 bits per heavy atom. The summed E-state index contributed by atoms with van der Waals surface area (Å²) < 4.78 is 5.92. The second-order valence-corrected chi connectivity index (χ2v) is 6.08. The van der Waals surface area contributed by atoms with Crippen LogP contribution in [0.3, 0.4) is 0 Å². The highest BCUT2D eigenvalue weighted by atomic mass is 16.5. The molecule has 0 aromatic rings. The van der Waals surface area contributed by atoms with Crippen LogP contribution in [0.1, 0.15) is 80.1 Å². The van der Waals surface area contributed by atoms with Crippen molar-refractivity contribution in [1.29, 1.82) is 0 Å². The Hall–Kier alpha value is -0.0400. The fourth-order valence-corrected chi connectivity index (χ4v) is 2.81. The average molecular weight is 256 g/mol. The Kier molecular flexibility index (Phi) is 10.8. The normalized spacial score (nSPS) is 18.3. The molecule has 1 heteroatoms. The molecule has 0 fully saturated rings. The van der Waals surface area contributed by atoms with Gasteiger partial charge < -0.3 is 4.74 Å². The van der Waals surface area contributed by atoms with Crippen LogP contribution >= 0.6 is 0 Å². The van der Waals surface area contributed by atoms with E-state index < -0.39 is 0 Å². The van der Waals surface area contributed by atoms with Gasteiger partial charge in [-0.2, -0.15) is 0 Å². The quantitative estimate of drug-likeness (QED) is 0.432. The van der Waals surface area contributed by atoms with Gasteiger partial charge in [-0.05, 0) is 37.5 Å². The lowest BCUT2D eigenvalue weighted by Gasteiger charge is -2.28. The third-order valence-electron chi connectivity index (χ3n) is 4.41. The van der Waals surface area contributed by atoms with Crippen molar-refractivity contribution in [2.24, 2.45) is 17.8 Å². The van der Waals surface area contributed by atoms with Gasteiger partial charge in [0.05, 0.1) is 6.10 Å². The van der Waals surface area contributed by atoms with Gasteiger partial charge >= 0.3 is 0 Å². The molecular weight excluding hydrogens is 220 g/mol. The van der Waals surface area contributed by atoms with E-state index in [1.165, 1.54) is 38.5 Å². The van der Waals surface area contributed by atoms with Gasteiger partial charge in [0.25, 0.3) is 0 Å². The maximum atomic E-state index is 5.92. The summed E-state index contributed by atoms with van der Waals surface area (Å²) in [7, 11) is 0. The molecule has 0 aliphatic rings. The fraction of sp³-hybridized carbons (Fsp3) is 1.00. The lowest BCUT2D eigenvalue weighted by atomic mass is 9.81. The van der Waals surface area contributed by atoms with E-state index in [0.717, 1.165) is 18.4 Å². The molecule has 0 aliphatic carbocycles. The zero-order valence-corrected chi connectivity index (χ0v) is 13.7. The highest BCUT2D eigenvalue weighted by Crippen LogP contribution is 2.28. The van der Waals surface area contributed by atoms with Crippen LogP contribution in [0.15, 0.2) is 0 Å². The second kappa shape index (κ2) is 10.8. The van der Waals surface area contributed by atoms with Gasteiger partial charge in [0, 0.05) is 6.61 Å². The number of ether oxygens (including phenoxy) is 1. The minimum absolute atomic E-state index is 0.415. The zero-order chi connectivity index (χ0) is 14.0. The summed E-state index contributed by atoms with van der Waals surface area (Å²) in [5, 5.41) is 0. The van der Waals surface area contributed by atoms with Crippen LogP contribution in [-0.2, 0) is 4.74 Å². The summed E-state index contributed by atoms with van der Waals surface area (Å²) in [5.41, 5.74) is 0. The summed E-state index contributed by atoms with van der Waals surface area (Å²) in [5.74, 6) is 2.42. The smallest absolute Gasteiger partial charge is 0.0572 e. The van der Waals surface area contributed by atoms with Gasteiger partial charge in [0.2, 0.25) is 0 Å². The van der Waals surface area contributed by atoms with Gasteiger partial charge in [0.1, 0.15) is 0 Å². The fourth-order valence-electron chi connectivity index (χ4n) is 2.81. The van der Waals surface area contributed by atoms with Crippen molar-refractivity contribution < 1.29 is 4.74 Å². The first-order valence-electron chi connectivity index (χ1n) is 8.18. The first-order valence-corrected chi connectivity index (χ1v) is 8.18. The molecule has 110 valence electrons. The molecule has 0 bridgehead atoms. The Morgan fingerprint density at radius 3 is 2.06 bits per heavy atom. The maximum absolute atomic E-state index is 5.92. The van der Waals surface area contributed by atoms with E-state index in [0.29, 0.717) is 12.0 Å². The molecule has 0 heterocycles. The van der Waals surface area contributed by atoms with Crippen LogP contribution in [0.25, 0.3) is 0 Å². The highest BCUT2D eigenvalue weighted by Gasteiger charge is 2.20. The molecule has 0 aromatic carbocycles. The summed E-state index contributed by atoms with van der Waals surface area (Å²) in [6.45, 7) is 14.8. The van der Waals surface area contributed by atoms with E-state index >= 15 is 0 Å². The number of hydrogen-bond acceptors (Lipinski definition) is 1. The molecular formula is C17H36O. The third kappa shape index (κ3) is 7.41. The lowest BCUT2D eigenvalue weighted by molar-refractivity contribution is 0.0188. The Bertz CT molecular complexity index is 178. The van der Waals surface area contributed by atoms with E-state index in [9.17, 15) is 0 Å². The predicted molar refractivity (Wildman–Crippen MR) is 82.0 cm³/mol. The van der Waals surface area contributed by atoms with Crippen LogP contribution in [0.5, 0.6) is 0 Å². The minimum Gasteiger partial charge on any atom is -0.378 e. The molecule has 0 saturated carbocycles. The van der Waals surface area contributed by atoms with E-state index in [1.54, 1.807) is 0 Å². The summed E-state index contributed by atoms with van der Waals surface area (Å²) in [6.07, 6.45) is 8.18. The molecule has 0 aromatic heterocycles. The SMILES string of the molecule is CCCCOC(C)C(C)CC(C)C(CC)CCC. The van der Waals surface area contributed by atoms with Gasteiger partial charge in [-0.3, -0.25) is 0 Å². The van der Waals surface area contributed by atoms with E-state index in [2.05, 4.69) is 41.5 Å². The number of rotatable bonds is 11. The predicted octanol–water partition coefficient (Wildman–Crippen LogP) is 5.68. The Morgan fingerprint density at radius 2 is 1.56 bits per heavy atom. The molecule has 0 amide bonds. The molecule has 0 spiro atoms. The molecule has 0 rings (SSSR count). The van der Waals surface area contributed by atoms with Crippen molar-refractivity contribution in [2.45, 2.75) is 86.2 Å². The van der Waals surface area contributed by atoms with Gasteiger partial charge in [-0.15, -0.1) is 0 Å². The summed E-state index contributed by atoms with van der Waals surface area (Å²) >= 11 is 0. The van der Waals surface area contributed by atoms with Gasteiger partial charge in [-0.1, -0.05) is 60.3 Å². The van der Waals surface area contributed by atoms with Gasteiger partial charge in [-0.25, -0.2) is 0 Å². The van der Waals surface area contributed by atoms with Crippen molar-refractivity contribution in [3.05, 3.63) is 0 Å². The largest absolute Gasteiger partial charge is 0.378 e. The van der Waals surface area contributed by atoms with E-state index in [1.807, 2.05) is 0 Å². The first kappa shape index (κ1) is 18.0. The first-order chi connectivity index (χ1) is 8.56. The van der Waals surface area contributed by atoms with E-state index in [4.69, 9.17) is 4.74 Å². The van der Waals surface area contributed by atoms with Crippen molar-refractivity contribution in [2.75, 3.05) is 6.61 Å². The van der Waals surface area contributed by atoms with Crippen LogP contribution in [0.4, 0.5) is 0 Å². The zero-order valence-electron chi connectivity index (χ0n) is 13.7. The van der Waals surface area contributed by atoms with Crippen molar-refractivity contribution in [3.8, 4) is 0 Å². The van der Waals surface area contributed by atoms with Crippen LogP contribution in [-0.4, -0.2) is 12.7 Å². The minimum atomic E-state index is 0.415. The van der Waals surface area contributed by atoms with Crippen LogP contribution in [0, 0.1) is 17.8 Å². The van der Waals surface area contributed by atoms with Gasteiger partial charge in [0.15, 0.2) is 0 Å². The topological polar surface area (TPSA) is 9.23 Å². The summed E-state index contributed by atoms with van der Waals surface area (Å²) in [4.78, 5) is 0. The summed E-state index contributed by atoms with van der Waals surface area (Å²) in [6, 6.07) is 0. The second-order valence-electron chi connectivity index (χ2n) is 6.08. The molecule has 0 aliphatic heterocycles. The number of unbranched alkanes of at least 4 members (excludes halogenated alkanes) is 1. The molecule has 0 radical (unpaired) electrons. The monoisotopic (exact) mass is 256 g/mol. The molecule has 0 N–H and O–H groups in total. The molecule has 4 unspecified atom stereocenters. The Balaban J connectivity index is 3.99.